The highest BCUT2D eigenvalue weighted by Crippen LogP contribution is 2.30. The highest BCUT2D eigenvalue weighted by atomic mass is 79.9. The molecule has 0 saturated carbocycles. The zero-order valence-electron chi connectivity index (χ0n) is 11.0. The van der Waals surface area contributed by atoms with Gasteiger partial charge in [-0.2, -0.15) is 0 Å². The summed E-state index contributed by atoms with van der Waals surface area (Å²) in [5.74, 6) is -0.120. The maximum atomic E-state index is 12.1. The average Bonchev–Trinajstić information content (AvgIpc) is 2.46. The predicted octanol–water partition coefficient (Wildman–Crippen LogP) is 3.32. The first-order valence-corrected chi connectivity index (χ1v) is 7.43. The average molecular weight is 370 g/mol. The van der Waals surface area contributed by atoms with E-state index < -0.39 is 6.04 Å². The van der Waals surface area contributed by atoms with Crippen LogP contribution in [0.4, 0.5) is 5.69 Å². The van der Waals surface area contributed by atoms with Gasteiger partial charge >= 0.3 is 0 Å². The Morgan fingerprint density at radius 1 is 1.29 bits per heavy atom. The fraction of sp³-hybridized carbons (Fsp3) is 0.133. The first-order valence-electron chi connectivity index (χ1n) is 6.25. The summed E-state index contributed by atoms with van der Waals surface area (Å²) in [7, 11) is 0. The van der Waals surface area contributed by atoms with Crippen LogP contribution in [-0.2, 0) is 11.2 Å². The van der Waals surface area contributed by atoms with Gasteiger partial charge in [-0.25, -0.2) is 0 Å². The Balaban J connectivity index is 2.02. The number of hydrogen-bond acceptors (Lipinski definition) is 3. The third kappa shape index (κ3) is 4.20. The normalized spacial score (nSPS) is 12.0. The van der Waals surface area contributed by atoms with Crippen LogP contribution in [0.3, 0.4) is 0 Å². The fourth-order valence-corrected chi connectivity index (χ4v) is 2.34. The number of nitrogens with two attached hydrogens (primary N) is 1. The Morgan fingerprint density at radius 3 is 2.62 bits per heavy atom. The van der Waals surface area contributed by atoms with E-state index in [1.807, 2.05) is 0 Å². The maximum Gasteiger partial charge on any atom is 0.241 e. The second kappa shape index (κ2) is 6.93. The largest absolute Gasteiger partial charge is 0.508 e. The number of benzene rings is 2. The lowest BCUT2D eigenvalue weighted by molar-refractivity contribution is -0.117. The van der Waals surface area contributed by atoms with E-state index in [-0.39, 0.29) is 11.7 Å². The lowest BCUT2D eigenvalue weighted by Crippen LogP contribution is -2.37. The molecule has 4 N–H and O–H groups in total. The molecule has 2 aromatic carbocycles. The number of phenols is 1. The second-order valence-electron chi connectivity index (χ2n) is 4.57. The minimum Gasteiger partial charge on any atom is -0.508 e. The SMILES string of the molecule is N[C@H](Cc1ccc(O)cc1)C(=O)Nc1cccc(Cl)c1Br. The monoisotopic (exact) mass is 368 g/mol. The van der Waals surface area contributed by atoms with Gasteiger partial charge in [0.25, 0.3) is 0 Å². The van der Waals surface area contributed by atoms with Crippen molar-refractivity contribution in [3.8, 4) is 5.75 Å². The van der Waals surface area contributed by atoms with E-state index in [2.05, 4.69) is 21.2 Å². The zero-order valence-corrected chi connectivity index (χ0v) is 13.4. The molecule has 4 nitrogen and oxygen atoms in total. The van der Waals surface area contributed by atoms with Crippen LogP contribution in [-0.4, -0.2) is 17.1 Å². The summed E-state index contributed by atoms with van der Waals surface area (Å²) in [6.45, 7) is 0. The van der Waals surface area contributed by atoms with Crippen molar-refractivity contribution in [2.24, 2.45) is 5.73 Å². The van der Waals surface area contributed by atoms with Crippen molar-refractivity contribution < 1.29 is 9.90 Å². The Bertz CT molecular complexity index is 647. The summed E-state index contributed by atoms with van der Waals surface area (Å²) in [6, 6.07) is 11.1. The van der Waals surface area contributed by atoms with Gasteiger partial charge in [0, 0.05) is 0 Å². The van der Waals surface area contributed by atoms with Crippen LogP contribution in [0.15, 0.2) is 46.9 Å². The number of phenolic OH excluding ortho intramolecular Hbond substituents is 1. The van der Waals surface area contributed by atoms with Crippen LogP contribution in [0.25, 0.3) is 0 Å². The molecular weight excluding hydrogens is 356 g/mol. The molecule has 1 amide bonds. The van der Waals surface area contributed by atoms with E-state index in [4.69, 9.17) is 17.3 Å². The van der Waals surface area contributed by atoms with E-state index in [0.29, 0.717) is 21.6 Å². The van der Waals surface area contributed by atoms with E-state index in [9.17, 15) is 9.90 Å². The zero-order chi connectivity index (χ0) is 15.4. The number of carbonyl (C=O) groups is 1. The molecule has 6 heteroatoms. The first-order chi connectivity index (χ1) is 9.97. The molecule has 0 spiro atoms. The summed E-state index contributed by atoms with van der Waals surface area (Å²) in [4.78, 5) is 12.1. The quantitative estimate of drug-likeness (QED) is 0.774. The van der Waals surface area contributed by atoms with Gasteiger partial charge in [0.1, 0.15) is 5.75 Å². The predicted molar refractivity (Wildman–Crippen MR) is 87.6 cm³/mol. The number of carbonyl (C=O) groups excluding carboxylic acids is 1. The van der Waals surface area contributed by atoms with Crippen molar-refractivity contribution in [2.45, 2.75) is 12.5 Å². The number of rotatable bonds is 4. The highest BCUT2D eigenvalue weighted by molar-refractivity contribution is 9.10. The minimum atomic E-state index is -0.694. The highest BCUT2D eigenvalue weighted by Gasteiger charge is 2.16. The second-order valence-corrected chi connectivity index (χ2v) is 5.77. The van der Waals surface area contributed by atoms with E-state index >= 15 is 0 Å². The third-order valence-electron chi connectivity index (χ3n) is 2.94. The number of hydrogen-bond donors (Lipinski definition) is 3. The fourth-order valence-electron chi connectivity index (χ4n) is 1.80. The van der Waals surface area contributed by atoms with Gasteiger partial charge in [0.15, 0.2) is 0 Å². The molecule has 0 radical (unpaired) electrons. The first kappa shape index (κ1) is 15.8. The van der Waals surface area contributed by atoms with Crippen LogP contribution in [0, 0.1) is 0 Å². The van der Waals surface area contributed by atoms with Gasteiger partial charge in [-0.3, -0.25) is 4.79 Å². The number of amides is 1. The Hall–Kier alpha value is -1.56. The molecule has 2 rings (SSSR count). The van der Waals surface area contributed by atoms with Gasteiger partial charge in [-0.05, 0) is 52.2 Å². The van der Waals surface area contributed by atoms with Gasteiger partial charge in [-0.1, -0.05) is 29.8 Å². The molecule has 2 aromatic rings. The van der Waals surface area contributed by atoms with Crippen LogP contribution in [0.2, 0.25) is 5.02 Å². The Morgan fingerprint density at radius 2 is 1.95 bits per heavy atom. The van der Waals surface area contributed by atoms with Crippen molar-refractivity contribution in [2.75, 3.05) is 5.32 Å². The smallest absolute Gasteiger partial charge is 0.241 e. The molecule has 21 heavy (non-hydrogen) atoms. The molecule has 0 fully saturated rings. The summed E-state index contributed by atoms with van der Waals surface area (Å²) < 4.78 is 0.622. The van der Waals surface area contributed by atoms with Crippen molar-refractivity contribution in [1.29, 1.82) is 0 Å². The molecule has 0 unspecified atom stereocenters. The minimum absolute atomic E-state index is 0.180. The molecule has 0 aromatic heterocycles. The van der Waals surface area contributed by atoms with Crippen molar-refractivity contribution in [3.63, 3.8) is 0 Å². The number of aromatic hydroxyl groups is 1. The molecular formula is C15H14BrClN2O2. The van der Waals surface area contributed by atoms with Crippen LogP contribution >= 0.6 is 27.5 Å². The molecule has 0 saturated heterocycles. The topological polar surface area (TPSA) is 75.3 Å². The summed E-state index contributed by atoms with van der Waals surface area (Å²) in [5.41, 5.74) is 7.35. The van der Waals surface area contributed by atoms with Crippen LogP contribution in [0.5, 0.6) is 5.75 Å². The number of halogens is 2. The standard InChI is InChI=1S/C15H14BrClN2O2/c16-14-11(17)2-1-3-13(14)19-15(21)12(18)8-9-4-6-10(20)7-5-9/h1-7,12,20H,8,18H2,(H,19,21)/t12-/m1/s1. The molecule has 0 bridgehead atoms. The number of nitrogens with one attached hydrogen (secondary N) is 1. The third-order valence-corrected chi connectivity index (χ3v) is 4.34. The van der Waals surface area contributed by atoms with E-state index in [0.717, 1.165) is 5.56 Å². The molecule has 0 heterocycles. The summed E-state index contributed by atoms with van der Waals surface area (Å²) in [5, 5.41) is 12.5. The van der Waals surface area contributed by atoms with Crippen LogP contribution in [0.1, 0.15) is 5.56 Å². The van der Waals surface area contributed by atoms with Gasteiger partial charge in [0.05, 0.1) is 21.2 Å². The lowest BCUT2D eigenvalue weighted by atomic mass is 10.1. The van der Waals surface area contributed by atoms with Gasteiger partial charge < -0.3 is 16.2 Å². The molecule has 1 atom stereocenters. The molecule has 110 valence electrons. The lowest BCUT2D eigenvalue weighted by Gasteiger charge is -2.14. The molecule has 0 aliphatic heterocycles. The Labute approximate surface area is 136 Å². The summed E-state index contributed by atoms with van der Waals surface area (Å²) in [6.07, 6.45) is 0.379. The van der Waals surface area contributed by atoms with Crippen molar-refractivity contribution in [3.05, 3.63) is 57.5 Å². The van der Waals surface area contributed by atoms with Gasteiger partial charge in [-0.15, -0.1) is 0 Å². The maximum absolute atomic E-state index is 12.1. The van der Waals surface area contributed by atoms with Crippen LogP contribution < -0.4 is 11.1 Å². The van der Waals surface area contributed by atoms with E-state index in [1.54, 1.807) is 42.5 Å². The van der Waals surface area contributed by atoms with Crippen molar-refractivity contribution in [1.82, 2.24) is 0 Å². The van der Waals surface area contributed by atoms with E-state index in [1.165, 1.54) is 0 Å². The molecule has 0 aliphatic carbocycles. The Kier molecular flexibility index (Phi) is 5.22. The van der Waals surface area contributed by atoms with Crippen molar-refractivity contribution >= 4 is 39.1 Å². The molecule has 0 aliphatic rings. The summed E-state index contributed by atoms with van der Waals surface area (Å²) >= 11 is 9.29. The van der Waals surface area contributed by atoms with Gasteiger partial charge in [0.2, 0.25) is 5.91 Å². The number of anilines is 1.